The lowest BCUT2D eigenvalue weighted by molar-refractivity contribution is -0.117. The summed E-state index contributed by atoms with van der Waals surface area (Å²) in [4.78, 5) is 19.4. The molecule has 0 bridgehead atoms. The molecule has 3 aromatic rings. The van der Waals surface area contributed by atoms with Crippen molar-refractivity contribution in [3.63, 3.8) is 0 Å². The normalized spacial score (nSPS) is 19.7. The lowest BCUT2D eigenvalue weighted by Gasteiger charge is -2.05. The van der Waals surface area contributed by atoms with Crippen molar-refractivity contribution in [2.24, 2.45) is 5.92 Å². The molecule has 1 amide bonds. The van der Waals surface area contributed by atoms with Gasteiger partial charge in [-0.3, -0.25) is 4.79 Å². The SMILES string of the molecule is O=C(Nc1c[nH]c2ncc(Br)c(F)c12)C1CC1c1ccccc1. The van der Waals surface area contributed by atoms with Crippen LogP contribution >= 0.6 is 15.9 Å². The van der Waals surface area contributed by atoms with E-state index in [0.717, 1.165) is 6.42 Å². The fourth-order valence-electron chi connectivity index (χ4n) is 2.91. The number of hydrogen-bond acceptors (Lipinski definition) is 2. The number of aromatic amines is 1. The van der Waals surface area contributed by atoms with Crippen LogP contribution in [-0.2, 0) is 4.79 Å². The Morgan fingerprint density at radius 3 is 2.91 bits per heavy atom. The van der Waals surface area contributed by atoms with Gasteiger partial charge in [0.1, 0.15) is 5.65 Å². The number of carbonyl (C=O) groups excluding carboxylic acids is 1. The minimum absolute atomic E-state index is 0.0643. The quantitative estimate of drug-likeness (QED) is 0.722. The van der Waals surface area contributed by atoms with Crippen LogP contribution in [0, 0.1) is 11.7 Å². The molecule has 4 rings (SSSR count). The van der Waals surface area contributed by atoms with Crippen molar-refractivity contribution in [3.8, 4) is 0 Å². The molecule has 0 spiro atoms. The van der Waals surface area contributed by atoms with Crippen LogP contribution in [0.5, 0.6) is 0 Å². The second-order valence-corrected chi connectivity index (χ2v) is 6.55. The zero-order chi connectivity index (χ0) is 16.0. The molecular weight excluding hydrogens is 361 g/mol. The Hall–Kier alpha value is -2.21. The van der Waals surface area contributed by atoms with Crippen LogP contribution in [0.2, 0.25) is 0 Å². The van der Waals surface area contributed by atoms with Gasteiger partial charge in [-0.25, -0.2) is 9.37 Å². The van der Waals surface area contributed by atoms with E-state index in [2.05, 4.69) is 31.2 Å². The molecule has 6 heteroatoms. The van der Waals surface area contributed by atoms with Gasteiger partial charge >= 0.3 is 0 Å². The summed E-state index contributed by atoms with van der Waals surface area (Å²) in [5, 5.41) is 3.12. The monoisotopic (exact) mass is 373 g/mol. The molecule has 1 aliphatic rings. The van der Waals surface area contributed by atoms with E-state index in [1.54, 1.807) is 6.20 Å². The predicted octanol–water partition coefficient (Wildman–Crippen LogP) is 4.21. The van der Waals surface area contributed by atoms with E-state index in [-0.39, 0.29) is 22.2 Å². The van der Waals surface area contributed by atoms with Crippen LogP contribution in [0.15, 0.2) is 47.2 Å². The van der Waals surface area contributed by atoms with E-state index in [1.807, 2.05) is 30.3 Å². The average Bonchev–Trinajstić information content (AvgIpc) is 3.28. The number of halogens is 2. The number of fused-ring (bicyclic) bond motifs is 1. The largest absolute Gasteiger partial charge is 0.344 e. The van der Waals surface area contributed by atoms with Crippen LogP contribution in [0.25, 0.3) is 11.0 Å². The van der Waals surface area contributed by atoms with Crippen molar-refractivity contribution in [2.45, 2.75) is 12.3 Å². The first-order valence-corrected chi connectivity index (χ1v) is 8.11. The van der Waals surface area contributed by atoms with Gasteiger partial charge in [-0.15, -0.1) is 0 Å². The highest BCUT2D eigenvalue weighted by molar-refractivity contribution is 9.10. The Morgan fingerprint density at radius 2 is 2.13 bits per heavy atom. The zero-order valence-corrected chi connectivity index (χ0v) is 13.6. The number of rotatable bonds is 3. The summed E-state index contributed by atoms with van der Waals surface area (Å²) >= 11 is 3.12. The number of hydrogen-bond donors (Lipinski definition) is 2. The molecule has 0 aliphatic heterocycles. The van der Waals surface area contributed by atoms with Gasteiger partial charge in [0.25, 0.3) is 0 Å². The number of nitrogens with zero attached hydrogens (tertiary/aromatic N) is 1. The molecule has 116 valence electrons. The first kappa shape index (κ1) is 14.4. The zero-order valence-electron chi connectivity index (χ0n) is 12.0. The van der Waals surface area contributed by atoms with Gasteiger partial charge in [-0.2, -0.15) is 0 Å². The molecule has 2 N–H and O–H groups in total. The van der Waals surface area contributed by atoms with Crippen LogP contribution < -0.4 is 5.32 Å². The van der Waals surface area contributed by atoms with Gasteiger partial charge in [-0.05, 0) is 33.8 Å². The Labute approximate surface area is 140 Å². The Bertz CT molecular complexity index is 893. The van der Waals surface area contributed by atoms with Gasteiger partial charge in [0.2, 0.25) is 5.91 Å². The van der Waals surface area contributed by atoms with E-state index < -0.39 is 5.82 Å². The van der Waals surface area contributed by atoms with Gasteiger partial charge in [0, 0.05) is 18.3 Å². The first-order chi connectivity index (χ1) is 11.1. The second kappa shape index (κ2) is 5.45. The molecule has 2 heterocycles. The van der Waals surface area contributed by atoms with Crippen molar-refractivity contribution in [3.05, 3.63) is 58.6 Å². The Kier molecular flexibility index (Phi) is 3.41. The van der Waals surface area contributed by atoms with Crippen molar-refractivity contribution in [2.75, 3.05) is 5.32 Å². The summed E-state index contributed by atoms with van der Waals surface area (Å²) in [6.07, 6.45) is 3.79. The third-order valence-electron chi connectivity index (χ3n) is 4.21. The van der Waals surface area contributed by atoms with Gasteiger partial charge in [0.15, 0.2) is 5.82 Å². The van der Waals surface area contributed by atoms with E-state index in [1.165, 1.54) is 11.8 Å². The summed E-state index contributed by atoms with van der Waals surface area (Å²) in [7, 11) is 0. The number of carbonyl (C=O) groups is 1. The maximum absolute atomic E-state index is 14.2. The molecule has 2 aromatic heterocycles. The number of H-pyrrole nitrogens is 1. The minimum Gasteiger partial charge on any atom is -0.344 e. The molecule has 1 saturated carbocycles. The Morgan fingerprint density at radius 1 is 1.35 bits per heavy atom. The fraction of sp³-hybridized carbons (Fsp3) is 0.176. The van der Waals surface area contributed by atoms with Gasteiger partial charge < -0.3 is 10.3 Å². The summed E-state index contributed by atoms with van der Waals surface area (Å²) in [6, 6.07) is 9.97. The predicted molar refractivity (Wildman–Crippen MR) is 89.7 cm³/mol. The number of nitrogens with one attached hydrogen (secondary N) is 2. The van der Waals surface area contributed by atoms with Crippen LogP contribution in [0.1, 0.15) is 17.9 Å². The topological polar surface area (TPSA) is 57.8 Å². The third kappa shape index (κ3) is 2.53. The van der Waals surface area contributed by atoms with E-state index in [0.29, 0.717) is 16.7 Å². The average molecular weight is 374 g/mol. The lowest BCUT2D eigenvalue weighted by atomic mass is 10.1. The maximum atomic E-state index is 14.2. The van der Waals surface area contributed by atoms with Crippen molar-refractivity contribution in [1.29, 1.82) is 0 Å². The van der Waals surface area contributed by atoms with Gasteiger partial charge in [-0.1, -0.05) is 30.3 Å². The Balaban J connectivity index is 1.56. The summed E-state index contributed by atoms with van der Waals surface area (Å²) in [5.41, 5.74) is 2.01. The van der Waals surface area contributed by atoms with E-state index >= 15 is 0 Å². The molecule has 2 unspecified atom stereocenters. The molecule has 2 atom stereocenters. The fourth-order valence-corrected chi connectivity index (χ4v) is 3.21. The third-order valence-corrected chi connectivity index (χ3v) is 4.76. The summed E-state index contributed by atoms with van der Waals surface area (Å²) in [6.45, 7) is 0. The number of aromatic nitrogens is 2. The summed E-state index contributed by atoms with van der Waals surface area (Å²) < 4.78 is 14.5. The van der Waals surface area contributed by atoms with Crippen LogP contribution in [-0.4, -0.2) is 15.9 Å². The number of amides is 1. The highest BCUT2D eigenvalue weighted by atomic mass is 79.9. The minimum atomic E-state index is -0.429. The number of anilines is 1. The maximum Gasteiger partial charge on any atom is 0.228 e. The molecule has 1 aliphatic carbocycles. The lowest BCUT2D eigenvalue weighted by Crippen LogP contribution is -2.14. The molecule has 4 nitrogen and oxygen atoms in total. The van der Waals surface area contributed by atoms with Crippen LogP contribution in [0.3, 0.4) is 0 Å². The molecule has 0 saturated heterocycles. The molecule has 1 fully saturated rings. The van der Waals surface area contributed by atoms with Crippen LogP contribution in [0.4, 0.5) is 10.1 Å². The smallest absolute Gasteiger partial charge is 0.228 e. The number of benzene rings is 1. The highest BCUT2D eigenvalue weighted by Crippen LogP contribution is 2.48. The standard InChI is InChI=1S/C17H13BrFN3O/c18-12-7-20-16-14(15(12)19)13(8-21-16)22-17(23)11-6-10(11)9-4-2-1-3-5-9/h1-5,7-8,10-11H,6H2,(H,20,21)(H,22,23). The van der Waals surface area contributed by atoms with E-state index in [9.17, 15) is 9.18 Å². The van der Waals surface area contributed by atoms with E-state index in [4.69, 9.17) is 0 Å². The molecule has 23 heavy (non-hydrogen) atoms. The molecule has 1 aromatic carbocycles. The van der Waals surface area contributed by atoms with Gasteiger partial charge in [0.05, 0.1) is 15.5 Å². The highest BCUT2D eigenvalue weighted by Gasteiger charge is 2.44. The summed E-state index contributed by atoms with van der Waals surface area (Å²) in [5.74, 6) is -0.331. The van der Waals surface area contributed by atoms with Crippen molar-refractivity contribution < 1.29 is 9.18 Å². The van der Waals surface area contributed by atoms with Crippen molar-refractivity contribution >= 4 is 38.6 Å². The first-order valence-electron chi connectivity index (χ1n) is 7.32. The second-order valence-electron chi connectivity index (χ2n) is 5.69. The number of pyridine rings is 1. The van der Waals surface area contributed by atoms with Crippen molar-refractivity contribution in [1.82, 2.24) is 9.97 Å². The molecular formula is C17H13BrFN3O. The molecule has 0 radical (unpaired) electrons.